The van der Waals surface area contributed by atoms with Crippen LogP contribution in [0.5, 0.6) is 5.75 Å². The molecule has 0 radical (unpaired) electrons. The first-order chi connectivity index (χ1) is 10.6. The Morgan fingerprint density at radius 1 is 1.05 bits per heavy atom. The van der Waals surface area contributed by atoms with Gasteiger partial charge in [-0.1, -0.05) is 32.0 Å². The number of fused-ring (bicyclic) bond motifs is 1. The lowest BCUT2D eigenvalue weighted by atomic mass is 10.2. The Labute approximate surface area is 130 Å². The molecule has 0 fully saturated rings. The molecule has 0 spiro atoms. The number of anilines is 2. The number of aromatic hydroxyl groups is 1. The number of para-hydroxylation sites is 1. The Morgan fingerprint density at radius 3 is 2.55 bits per heavy atom. The summed E-state index contributed by atoms with van der Waals surface area (Å²) >= 11 is 0. The van der Waals surface area contributed by atoms with Crippen molar-refractivity contribution in [2.45, 2.75) is 13.8 Å². The Balaban J connectivity index is 2.05. The highest BCUT2D eigenvalue weighted by molar-refractivity contribution is 5.78. The summed E-state index contributed by atoms with van der Waals surface area (Å²) in [5.41, 5.74) is 2.57. The van der Waals surface area contributed by atoms with E-state index in [1.165, 1.54) is 0 Å². The zero-order valence-corrected chi connectivity index (χ0v) is 12.8. The van der Waals surface area contributed by atoms with Crippen LogP contribution in [0.2, 0.25) is 0 Å². The van der Waals surface area contributed by atoms with Gasteiger partial charge in [0, 0.05) is 18.3 Å². The molecule has 0 atom stereocenters. The van der Waals surface area contributed by atoms with Crippen molar-refractivity contribution < 1.29 is 5.11 Å². The van der Waals surface area contributed by atoms with E-state index in [4.69, 9.17) is 4.98 Å². The number of phenolic OH excluding ortho intramolecular Hbond substituents is 1. The van der Waals surface area contributed by atoms with Gasteiger partial charge in [-0.25, -0.2) is 4.98 Å². The standard InChI is InChI=1S/C18H19N3O/c1-13(2)12-21(14-6-4-3-5-7-14)18-11-19-17-10-15(22)8-9-16(17)20-18/h3-11,13,22H,12H2,1-2H3. The van der Waals surface area contributed by atoms with Crippen molar-refractivity contribution in [3.05, 3.63) is 54.7 Å². The van der Waals surface area contributed by atoms with E-state index in [1.54, 1.807) is 24.4 Å². The maximum Gasteiger partial charge on any atom is 0.152 e. The number of hydrogen-bond donors (Lipinski definition) is 1. The molecule has 0 aliphatic carbocycles. The van der Waals surface area contributed by atoms with Gasteiger partial charge in [-0.2, -0.15) is 0 Å². The van der Waals surface area contributed by atoms with E-state index in [0.29, 0.717) is 11.4 Å². The third kappa shape index (κ3) is 3.01. The molecule has 22 heavy (non-hydrogen) atoms. The van der Waals surface area contributed by atoms with Gasteiger partial charge in [-0.3, -0.25) is 4.98 Å². The van der Waals surface area contributed by atoms with E-state index in [2.05, 4.69) is 35.9 Å². The van der Waals surface area contributed by atoms with Crippen LogP contribution in [0, 0.1) is 5.92 Å². The van der Waals surface area contributed by atoms with Crippen LogP contribution >= 0.6 is 0 Å². The summed E-state index contributed by atoms with van der Waals surface area (Å²) in [5, 5.41) is 9.53. The van der Waals surface area contributed by atoms with Crippen molar-refractivity contribution in [1.82, 2.24) is 9.97 Å². The predicted molar refractivity (Wildman–Crippen MR) is 89.5 cm³/mol. The van der Waals surface area contributed by atoms with E-state index in [0.717, 1.165) is 23.6 Å². The number of nitrogens with zero attached hydrogens (tertiary/aromatic N) is 3. The van der Waals surface area contributed by atoms with Crippen molar-refractivity contribution in [1.29, 1.82) is 0 Å². The molecular weight excluding hydrogens is 274 g/mol. The van der Waals surface area contributed by atoms with Crippen molar-refractivity contribution in [2.24, 2.45) is 5.92 Å². The van der Waals surface area contributed by atoms with Gasteiger partial charge in [-0.05, 0) is 30.2 Å². The second-order valence-electron chi connectivity index (χ2n) is 5.74. The smallest absolute Gasteiger partial charge is 0.152 e. The monoisotopic (exact) mass is 293 g/mol. The SMILES string of the molecule is CC(C)CN(c1ccccc1)c1cnc2cc(O)ccc2n1. The maximum absolute atomic E-state index is 9.53. The third-order valence-electron chi connectivity index (χ3n) is 3.41. The van der Waals surface area contributed by atoms with Gasteiger partial charge in [0.25, 0.3) is 0 Å². The molecular formula is C18H19N3O. The van der Waals surface area contributed by atoms with Gasteiger partial charge in [0.2, 0.25) is 0 Å². The Kier molecular flexibility index (Phi) is 3.92. The topological polar surface area (TPSA) is 49.2 Å². The van der Waals surface area contributed by atoms with Gasteiger partial charge in [0.15, 0.2) is 5.82 Å². The average molecular weight is 293 g/mol. The van der Waals surface area contributed by atoms with Crippen molar-refractivity contribution in [3.8, 4) is 5.75 Å². The first-order valence-corrected chi connectivity index (χ1v) is 7.42. The molecule has 3 rings (SSSR count). The molecule has 0 aliphatic rings. The zero-order valence-electron chi connectivity index (χ0n) is 12.8. The van der Waals surface area contributed by atoms with Gasteiger partial charge in [0.05, 0.1) is 17.2 Å². The van der Waals surface area contributed by atoms with Gasteiger partial charge in [0.1, 0.15) is 5.75 Å². The summed E-state index contributed by atoms with van der Waals surface area (Å²) < 4.78 is 0. The van der Waals surface area contributed by atoms with Crippen LogP contribution in [0.3, 0.4) is 0 Å². The molecule has 0 unspecified atom stereocenters. The second-order valence-corrected chi connectivity index (χ2v) is 5.74. The number of phenols is 1. The van der Waals surface area contributed by atoms with E-state index in [-0.39, 0.29) is 5.75 Å². The molecule has 1 heterocycles. The van der Waals surface area contributed by atoms with E-state index in [9.17, 15) is 5.11 Å². The summed E-state index contributed by atoms with van der Waals surface area (Å²) in [6.45, 7) is 5.23. The average Bonchev–Trinajstić information content (AvgIpc) is 2.53. The molecule has 0 saturated heterocycles. The van der Waals surface area contributed by atoms with E-state index in [1.807, 2.05) is 18.2 Å². The lowest BCUT2D eigenvalue weighted by molar-refractivity contribution is 0.476. The largest absolute Gasteiger partial charge is 0.508 e. The highest BCUT2D eigenvalue weighted by Crippen LogP contribution is 2.26. The molecule has 0 bridgehead atoms. The van der Waals surface area contributed by atoms with Crippen LogP contribution in [-0.4, -0.2) is 21.6 Å². The third-order valence-corrected chi connectivity index (χ3v) is 3.41. The van der Waals surface area contributed by atoms with Crippen LogP contribution in [-0.2, 0) is 0 Å². The number of aromatic nitrogens is 2. The van der Waals surface area contributed by atoms with Crippen LogP contribution in [0.15, 0.2) is 54.7 Å². The summed E-state index contributed by atoms with van der Waals surface area (Å²) in [5.74, 6) is 1.52. The Bertz CT molecular complexity index is 772. The van der Waals surface area contributed by atoms with Crippen molar-refractivity contribution >= 4 is 22.5 Å². The fraction of sp³-hybridized carbons (Fsp3) is 0.222. The highest BCUT2D eigenvalue weighted by Gasteiger charge is 2.13. The first-order valence-electron chi connectivity index (χ1n) is 7.42. The van der Waals surface area contributed by atoms with Crippen LogP contribution < -0.4 is 4.90 Å². The minimum Gasteiger partial charge on any atom is -0.508 e. The van der Waals surface area contributed by atoms with E-state index >= 15 is 0 Å². The minimum atomic E-state index is 0.205. The van der Waals surface area contributed by atoms with Gasteiger partial charge < -0.3 is 10.0 Å². The zero-order chi connectivity index (χ0) is 15.5. The second kappa shape index (κ2) is 6.02. The molecule has 0 aliphatic heterocycles. The molecule has 0 saturated carbocycles. The van der Waals surface area contributed by atoms with Crippen molar-refractivity contribution in [2.75, 3.05) is 11.4 Å². The predicted octanol–water partition coefficient (Wildman–Crippen LogP) is 4.13. The molecule has 4 heteroatoms. The Hall–Kier alpha value is -2.62. The van der Waals surface area contributed by atoms with E-state index < -0.39 is 0 Å². The quantitative estimate of drug-likeness (QED) is 0.785. The number of benzene rings is 2. The lowest BCUT2D eigenvalue weighted by Gasteiger charge is -2.25. The fourth-order valence-electron chi connectivity index (χ4n) is 2.42. The van der Waals surface area contributed by atoms with Crippen molar-refractivity contribution in [3.63, 3.8) is 0 Å². The summed E-state index contributed by atoms with van der Waals surface area (Å²) in [6.07, 6.45) is 1.76. The highest BCUT2D eigenvalue weighted by atomic mass is 16.3. The number of hydrogen-bond acceptors (Lipinski definition) is 4. The van der Waals surface area contributed by atoms with Crippen LogP contribution in [0.25, 0.3) is 11.0 Å². The summed E-state index contributed by atoms with van der Waals surface area (Å²) in [7, 11) is 0. The van der Waals surface area contributed by atoms with Gasteiger partial charge >= 0.3 is 0 Å². The molecule has 3 aromatic rings. The molecule has 4 nitrogen and oxygen atoms in total. The maximum atomic E-state index is 9.53. The summed E-state index contributed by atoms with van der Waals surface area (Å²) in [4.78, 5) is 11.3. The van der Waals surface area contributed by atoms with Gasteiger partial charge in [-0.15, -0.1) is 0 Å². The molecule has 2 aromatic carbocycles. The minimum absolute atomic E-state index is 0.205. The molecule has 1 aromatic heterocycles. The lowest BCUT2D eigenvalue weighted by Crippen LogP contribution is -2.23. The normalized spacial score (nSPS) is 11.0. The Morgan fingerprint density at radius 2 is 1.82 bits per heavy atom. The number of rotatable bonds is 4. The molecule has 1 N–H and O–H groups in total. The molecule has 112 valence electrons. The van der Waals surface area contributed by atoms with Crippen LogP contribution in [0.4, 0.5) is 11.5 Å². The first kappa shape index (κ1) is 14.3. The molecule has 0 amide bonds. The fourth-order valence-corrected chi connectivity index (χ4v) is 2.42. The summed E-state index contributed by atoms with van der Waals surface area (Å²) in [6, 6.07) is 15.3. The van der Waals surface area contributed by atoms with Crippen LogP contribution in [0.1, 0.15) is 13.8 Å².